The Balaban J connectivity index is 2.23. The first-order chi connectivity index (χ1) is 9.74. The molecule has 20 heavy (non-hydrogen) atoms. The lowest BCUT2D eigenvalue weighted by Gasteiger charge is -2.09. The van der Waals surface area contributed by atoms with Crippen LogP contribution in [0.5, 0.6) is 5.75 Å². The minimum atomic E-state index is 0.533. The SMILES string of the molecule is CNc1ncnc(-c2cc3cccc(Cl)c3o2)c1OC. The Morgan fingerprint density at radius 1 is 1.30 bits per heavy atom. The number of methoxy groups -OCH3 is 1. The standard InChI is InChI=1S/C14H12ClN3O2/c1-16-14-13(19-2)11(17-7-18-14)10-6-8-4-3-5-9(15)12(8)20-10/h3-7H,1-2H3,(H,16,17,18). The number of furan rings is 1. The highest BCUT2D eigenvalue weighted by atomic mass is 35.5. The molecule has 0 aliphatic rings. The maximum absolute atomic E-state index is 6.12. The first-order valence-corrected chi connectivity index (χ1v) is 6.37. The topological polar surface area (TPSA) is 60.2 Å². The lowest BCUT2D eigenvalue weighted by atomic mass is 10.2. The van der Waals surface area contributed by atoms with Crippen molar-refractivity contribution in [1.82, 2.24) is 9.97 Å². The average Bonchev–Trinajstić information content (AvgIpc) is 2.91. The summed E-state index contributed by atoms with van der Waals surface area (Å²) in [5, 5.41) is 4.44. The molecule has 0 aliphatic heterocycles. The van der Waals surface area contributed by atoms with E-state index in [2.05, 4.69) is 15.3 Å². The number of halogens is 1. The zero-order chi connectivity index (χ0) is 14.1. The quantitative estimate of drug-likeness (QED) is 0.798. The number of hydrogen-bond donors (Lipinski definition) is 1. The summed E-state index contributed by atoms with van der Waals surface area (Å²) in [4.78, 5) is 8.35. The number of benzene rings is 1. The van der Waals surface area contributed by atoms with Crippen LogP contribution in [-0.2, 0) is 0 Å². The predicted octanol–water partition coefficient (Wildman–Crippen LogP) is 3.59. The first-order valence-electron chi connectivity index (χ1n) is 5.99. The fraction of sp³-hybridized carbons (Fsp3) is 0.143. The van der Waals surface area contributed by atoms with Gasteiger partial charge in [0.05, 0.1) is 12.1 Å². The van der Waals surface area contributed by atoms with Crippen LogP contribution in [0.25, 0.3) is 22.4 Å². The van der Waals surface area contributed by atoms with Crippen LogP contribution in [0.2, 0.25) is 5.02 Å². The molecular formula is C14H12ClN3O2. The summed E-state index contributed by atoms with van der Waals surface area (Å²) in [5.41, 5.74) is 1.22. The van der Waals surface area contributed by atoms with Crippen LogP contribution in [0.15, 0.2) is 35.0 Å². The summed E-state index contributed by atoms with van der Waals surface area (Å²) >= 11 is 6.12. The van der Waals surface area contributed by atoms with Crippen molar-refractivity contribution in [3.63, 3.8) is 0 Å². The molecule has 6 heteroatoms. The fourth-order valence-electron chi connectivity index (χ4n) is 2.06. The minimum Gasteiger partial charge on any atom is -0.491 e. The fourth-order valence-corrected chi connectivity index (χ4v) is 2.29. The number of hydrogen-bond acceptors (Lipinski definition) is 5. The number of fused-ring (bicyclic) bond motifs is 1. The second-order valence-corrected chi connectivity index (χ2v) is 4.53. The molecule has 0 aliphatic carbocycles. The van der Waals surface area contributed by atoms with Crippen LogP contribution in [0.3, 0.4) is 0 Å². The molecule has 0 saturated heterocycles. The van der Waals surface area contributed by atoms with E-state index in [9.17, 15) is 0 Å². The van der Waals surface area contributed by atoms with Crippen molar-refractivity contribution < 1.29 is 9.15 Å². The Kier molecular flexibility index (Phi) is 3.20. The van der Waals surface area contributed by atoms with E-state index in [1.165, 1.54) is 6.33 Å². The van der Waals surface area contributed by atoms with Gasteiger partial charge in [-0.2, -0.15) is 0 Å². The Hall–Kier alpha value is -2.27. The molecule has 1 aromatic carbocycles. The molecule has 0 atom stereocenters. The van der Waals surface area contributed by atoms with Gasteiger partial charge in [0.15, 0.2) is 28.6 Å². The van der Waals surface area contributed by atoms with Gasteiger partial charge in [0.25, 0.3) is 0 Å². The third kappa shape index (κ3) is 1.96. The third-order valence-corrected chi connectivity index (χ3v) is 3.27. The summed E-state index contributed by atoms with van der Waals surface area (Å²) in [7, 11) is 3.34. The number of rotatable bonds is 3. The van der Waals surface area contributed by atoms with E-state index >= 15 is 0 Å². The van der Waals surface area contributed by atoms with Gasteiger partial charge in [-0.05, 0) is 12.1 Å². The number of nitrogens with one attached hydrogen (secondary N) is 1. The van der Waals surface area contributed by atoms with Crippen molar-refractivity contribution in [3.05, 3.63) is 35.6 Å². The molecule has 2 aromatic heterocycles. The van der Waals surface area contributed by atoms with Crippen molar-refractivity contribution in [2.45, 2.75) is 0 Å². The van der Waals surface area contributed by atoms with E-state index in [1.807, 2.05) is 18.2 Å². The van der Waals surface area contributed by atoms with Crippen LogP contribution < -0.4 is 10.1 Å². The molecule has 5 nitrogen and oxygen atoms in total. The molecule has 0 fully saturated rings. The molecule has 0 unspecified atom stereocenters. The van der Waals surface area contributed by atoms with Crippen LogP contribution in [0.1, 0.15) is 0 Å². The summed E-state index contributed by atoms with van der Waals surface area (Å²) in [6.45, 7) is 0. The monoisotopic (exact) mass is 289 g/mol. The first kappa shape index (κ1) is 12.7. The second kappa shape index (κ2) is 5.02. The Morgan fingerprint density at radius 3 is 2.85 bits per heavy atom. The van der Waals surface area contributed by atoms with Crippen molar-refractivity contribution >= 4 is 28.4 Å². The van der Waals surface area contributed by atoms with Gasteiger partial charge in [-0.1, -0.05) is 23.7 Å². The Bertz CT molecular complexity index is 770. The highest BCUT2D eigenvalue weighted by molar-refractivity contribution is 6.34. The van der Waals surface area contributed by atoms with Gasteiger partial charge in [-0.15, -0.1) is 0 Å². The lowest BCUT2D eigenvalue weighted by molar-refractivity contribution is 0.413. The number of ether oxygens (including phenoxy) is 1. The van der Waals surface area contributed by atoms with E-state index in [1.54, 1.807) is 20.2 Å². The maximum atomic E-state index is 6.12. The van der Waals surface area contributed by atoms with E-state index in [0.29, 0.717) is 33.6 Å². The summed E-state index contributed by atoms with van der Waals surface area (Å²) < 4.78 is 11.2. The molecular weight excluding hydrogens is 278 g/mol. The number of aromatic nitrogens is 2. The summed E-state index contributed by atoms with van der Waals surface area (Å²) in [6.07, 6.45) is 1.46. The van der Waals surface area contributed by atoms with Gasteiger partial charge >= 0.3 is 0 Å². The molecule has 0 amide bonds. The molecule has 0 saturated carbocycles. The smallest absolute Gasteiger partial charge is 0.190 e. The van der Waals surface area contributed by atoms with E-state index < -0.39 is 0 Å². The van der Waals surface area contributed by atoms with Crippen molar-refractivity contribution in [3.8, 4) is 17.2 Å². The lowest BCUT2D eigenvalue weighted by Crippen LogP contribution is -2.00. The molecule has 2 heterocycles. The van der Waals surface area contributed by atoms with Crippen LogP contribution >= 0.6 is 11.6 Å². The van der Waals surface area contributed by atoms with Gasteiger partial charge in [0.1, 0.15) is 6.33 Å². The van der Waals surface area contributed by atoms with E-state index in [4.69, 9.17) is 20.8 Å². The molecule has 1 N–H and O–H groups in total. The zero-order valence-corrected chi connectivity index (χ0v) is 11.7. The van der Waals surface area contributed by atoms with Crippen LogP contribution in [0.4, 0.5) is 5.82 Å². The normalized spacial score (nSPS) is 10.8. The second-order valence-electron chi connectivity index (χ2n) is 4.12. The van der Waals surface area contributed by atoms with Crippen molar-refractivity contribution in [1.29, 1.82) is 0 Å². The molecule has 0 radical (unpaired) electrons. The van der Waals surface area contributed by atoms with Crippen molar-refractivity contribution in [2.75, 3.05) is 19.5 Å². The van der Waals surface area contributed by atoms with E-state index in [0.717, 1.165) is 5.39 Å². The average molecular weight is 290 g/mol. The van der Waals surface area contributed by atoms with Crippen LogP contribution in [-0.4, -0.2) is 24.1 Å². The predicted molar refractivity (Wildman–Crippen MR) is 78.3 cm³/mol. The Morgan fingerprint density at radius 2 is 2.15 bits per heavy atom. The number of nitrogens with zero attached hydrogens (tertiary/aromatic N) is 2. The summed E-state index contributed by atoms with van der Waals surface area (Å²) in [5.74, 6) is 1.72. The van der Waals surface area contributed by atoms with E-state index in [-0.39, 0.29) is 0 Å². The van der Waals surface area contributed by atoms with Gasteiger partial charge in [0.2, 0.25) is 0 Å². The minimum absolute atomic E-state index is 0.533. The van der Waals surface area contributed by atoms with Gasteiger partial charge < -0.3 is 14.5 Å². The largest absolute Gasteiger partial charge is 0.491 e. The Labute approximate surface area is 120 Å². The maximum Gasteiger partial charge on any atom is 0.190 e. The number of anilines is 1. The molecule has 3 aromatic rings. The molecule has 0 spiro atoms. The van der Waals surface area contributed by atoms with Crippen LogP contribution in [0, 0.1) is 0 Å². The molecule has 102 valence electrons. The highest BCUT2D eigenvalue weighted by Gasteiger charge is 2.17. The summed E-state index contributed by atoms with van der Waals surface area (Å²) in [6, 6.07) is 7.47. The highest BCUT2D eigenvalue weighted by Crippen LogP contribution is 2.37. The number of para-hydroxylation sites is 1. The molecule has 0 bridgehead atoms. The van der Waals surface area contributed by atoms with Crippen molar-refractivity contribution in [2.24, 2.45) is 0 Å². The van der Waals surface area contributed by atoms with Gasteiger partial charge in [0, 0.05) is 12.4 Å². The third-order valence-electron chi connectivity index (χ3n) is 2.97. The van der Waals surface area contributed by atoms with Gasteiger partial charge in [-0.3, -0.25) is 0 Å². The zero-order valence-electron chi connectivity index (χ0n) is 11.0. The molecule has 3 rings (SSSR count). The van der Waals surface area contributed by atoms with Gasteiger partial charge in [-0.25, -0.2) is 9.97 Å².